The van der Waals surface area contributed by atoms with E-state index >= 15 is 0 Å². The van der Waals surface area contributed by atoms with Gasteiger partial charge in [-0.05, 0) is 74.6 Å². The molecular weight excluding hydrogens is 436 g/mol. The van der Waals surface area contributed by atoms with E-state index in [1.54, 1.807) is 16.4 Å². The van der Waals surface area contributed by atoms with E-state index in [2.05, 4.69) is 16.8 Å². The molecule has 1 aliphatic rings. The lowest BCUT2D eigenvalue weighted by atomic mass is 10.1. The van der Waals surface area contributed by atoms with Gasteiger partial charge in [0.25, 0.3) is 0 Å². The van der Waals surface area contributed by atoms with Crippen LogP contribution < -0.4 is 5.32 Å². The van der Waals surface area contributed by atoms with Crippen LogP contribution in [0.3, 0.4) is 0 Å². The molecular formula is C25H32N4O3S. The molecule has 1 N–H and O–H groups in total. The molecule has 8 heteroatoms. The first kappa shape index (κ1) is 23.4. The number of carbonyl (C=O) groups is 1. The maximum atomic E-state index is 13.0. The summed E-state index contributed by atoms with van der Waals surface area (Å²) in [6, 6.07) is 11.1. The molecule has 1 aliphatic heterocycles. The van der Waals surface area contributed by atoms with Crippen LogP contribution in [0.15, 0.2) is 41.3 Å². The first-order chi connectivity index (χ1) is 15.8. The molecule has 1 aromatic heterocycles. The van der Waals surface area contributed by atoms with E-state index in [9.17, 15) is 13.2 Å². The van der Waals surface area contributed by atoms with Crippen LogP contribution in [-0.2, 0) is 27.8 Å². The number of hydrogen-bond donors (Lipinski definition) is 1. The Morgan fingerprint density at radius 3 is 2.52 bits per heavy atom. The molecule has 0 aliphatic carbocycles. The van der Waals surface area contributed by atoms with Crippen LogP contribution in [0.4, 0.5) is 5.69 Å². The minimum atomic E-state index is -3.49. The molecule has 0 spiro atoms. The van der Waals surface area contributed by atoms with Crippen LogP contribution in [-0.4, -0.2) is 41.3 Å². The Bertz CT molecular complexity index is 1270. The number of amides is 1. The van der Waals surface area contributed by atoms with Crippen molar-refractivity contribution in [3.8, 4) is 0 Å². The molecule has 0 unspecified atom stereocenters. The van der Waals surface area contributed by atoms with Gasteiger partial charge >= 0.3 is 0 Å². The van der Waals surface area contributed by atoms with Gasteiger partial charge < -0.3 is 9.88 Å². The Hall–Kier alpha value is -2.71. The second-order valence-electron chi connectivity index (χ2n) is 8.79. The number of aryl methyl sites for hydroxylation is 4. The zero-order valence-electron chi connectivity index (χ0n) is 19.6. The van der Waals surface area contributed by atoms with Crippen molar-refractivity contribution < 1.29 is 13.2 Å². The summed E-state index contributed by atoms with van der Waals surface area (Å²) in [6.07, 6.45) is 3.52. The molecule has 1 fully saturated rings. The lowest BCUT2D eigenvalue weighted by molar-refractivity contribution is -0.116. The second kappa shape index (κ2) is 9.65. The number of fused-ring (bicyclic) bond motifs is 1. The lowest BCUT2D eigenvalue weighted by Crippen LogP contribution is -2.27. The van der Waals surface area contributed by atoms with Gasteiger partial charge in [0.05, 0.1) is 15.9 Å². The Morgan fingerprint density at radius 2 is 1.82 bits per heavy atom. The summed E-state index contributed by atoms with van der Waals surface area (Å²) in [5, 5.41) is 2.96. The van der Waals surface area contributed by atoms with Gasteiger partial charge in [-0.2, -0.15) is 4.31 Å². The zero-order chi connectivity index (χ0) is 23.6. The maximum absolute atomic E-state index is 13.0. The fraction of sp³-hybridized carbons (Fsp3) is 0.440. The molecule has 1 saturated heterocycles. The smallest absolute Gasteiger partial charge is 0.243 e. The van der Waals surface area contributed by atoms with Gasteiger partial charge in [-0.3, -0.25) is 4.79 Å². The van der Waals surface area contributed by atoms with E-state index in [0.717, 1.165) is 48.4 Å². The van der Waals surface area contributed by atoms with Crippen LogP contribution >= 0.6 is 0 Å². The van der Waals surface area contributed by atoms with Gasteiger partial charge in [-0.1, -0.05) is 13.0 Å². The summed E-state index contributed by atoms with van der Waals surface area (Å²) in [5.41, 5.74) is 4.68. The molecule has 3 aromatic rings. The fourth-order valence-corrected chi connectivity index (χ4v) is 5.87. The van der Waals surface area contributed by atoms with E-state index in [1.807, 2.05) is 38.1 Å². The Balaban J connectivity index is 1.54. The molecule has 2 aromatic carbocycles. The van der Waals surface area contributed by atoms with Crippen LogP contribution in [0, 0.1) is 13.8 Å². The summed E-state index contributed by atoms with van der Waals surface area (Å²) in [5.74, 6) is 0.739. The number of rotatable bonds is 8. The van der Waals surface area contributed by atoms with E-state index in [1.165, 1.54) is 5.56 Å². The number of hydrogen-bond acceptors (Lipinski definition) is 4. The van der Waals surface area contributed by atoms with Crippen molar-refractivity contribution in [1.82, 2.24) is 13.9 Å². The van der Waals surface area contributed by atoms with Crippen LogP contribution in [0.5, 0.6) is 0 Å². The summed E-state index contributed by atoms with van der Waals surface area (Å²) >= 11 is 0. The fourth-order valence-electron chi connectivity index (χ4n) is 4.33. The highest BCUT2D eigenvalue weighted by atomic mass is 32.2. The van der Waals surface area contributed by atoms with E-state index < -0.39 is 10.0 Å². The lowest BCUT2D eigenvalue weighted by Gasteiger charge is -2.15. The van der Waals surface area contributed by atoms with Crippen molar-refractivity contribution in [3.63, 3.8) is 0 Å². The first-order valence-corrected chi connectivity index (χ1v) is 13.1. The SMILES string of the molecule is CCCn1c(CCC(=O)Nc2ccc(C)c(C)c2)nc2cc(S(=O)(=O)N3CCCC3)ccc21. The number of nitrogens with zero attached hydrogens (tertiary/aromatic N) is 3. The number of sulfonamides is 1. The normalized spacial score (nSPS) is 14.8. The topological polar surface area (TPSA) is 84.3 Å². The third-order valence-corrected chi connectivity index (χ3v) is 8.21. The van der Waals surface area contributed by atoms with Crippen LogP contribution in [0.25, 0.3) is 11.0 Å². The molecule has 0 bridgehead atoms. The monoisotopic (exact) mass is 468 g/mol. The average Bonchev–Trinajstić information content (AvgIpc) is 3.44. The van der Waals surface area contributed by atoms with Gasteiger partial charge in [0.1, 0.15) is 5.82 Å². The van der Waals surface area contributed by atoms with Crippen molar-refractivity contribution in [2.45, 2.75) is 64.3 Å². The maximum Gasteiger partial charge on any atom is 0.243 e. The molecule has 0 radical (unpaired) electrons. The number of anilines is 1. The number of benzene rings is 2. The summed E-state index contributed by atoms with van der Waals surface area (Å²) < 4.78 is 29.6. The van der Waals surface area contributed by atoms with E-state index in [-0.39, 0.29) is 10.8 Å². The van der Waals surface area contributed by atoms with Crippen LogP contribution in [0.2, 0.25) is 0 Å². The zero-order valence-corrected chi connectivity index (χ0v) is 20.4. The van der Waals surface area contributed by atoms with Crippen LogP contribution in [0.1, 0.15) is 49.6 Å². The van der Waals surface area contributed by atoms with Crippen molar-refractivity contribution in [3.05, 3.63) is 53.3 Å². The third-order valence-electron chi connectivity index (χ3n) is 6.32. The number of carbonyl (C=O) groups excluding carboxylic acids is 1. The van der Waals surface area contributed by atoms with Gasteiger partial charge in [-0.15, -0.1) is 0 Å². The van der Waals surface area contributed by atoms with Crippen molar-refractivity contribution in [2.75, 3.05) is 18.4 Å². The molecule has 33 heavy (non-hydrogen) atoms. The largest absolute Gasteiger partial charge is 0.328 e. The van der Waals surface area contributed by atoms with Crippen molar-refractivity contribution in [2.24, 2.45) is 0 Å². The summed E-state index contributed by atoms with van der Waals surface area (Å²) in [4.78, 5) is 17.6. The Morgan fingerprint density at radius 1 is 1.06 bits per heavy atom. The highest BCUT2D eigenvalue weighted by Gasteiger charge is 2.27. The molecule has 4 rings (SSSR count). The average molecular weight is 469 g/mol. The quantitative estimate of drug-likeness (QED) is 0.530. The van der Waals surface area contributed by atoms with Gasteiger partial charge in [0, 0.05) is 38.2 Å². The molecule has 0 atom stereocenters. The van der Waals surface area contributed by atoms with Gasteiger partial charge in [-0.25, -0.2) is 13.4 Å². The third kappa shape index (κ3) is 4.96. The summed E-state index contributed by atoms with van der Waals surface area (Å²) in [7, 11) is -3.49. The molecule has 1 amide bonds. The Kier molecular flexibility index (Phi) is 6.86. The first-order valence-electron chi connectivity index (χ1n) is 11.7. The predicted molar refractivity (Wildman–Crippen MR) is 131 cm³/mol. The molecule has 176 valence electrons. The van der Waals surface area contributed by atoms with E-state index in [0.29, 0.717) is 31.4 Å². The predicted octanol–water partition coefficient (Wildman–Crippen LogP) is 4.42. The molecule has 7 nitrogen and oxygen atoms in total. The summed E-state index contributed by atoms with van der Waals surface area (Å²) in [6.45, 7) is 8.07. The standard InChI is InChI=1S/C25H32N4O3S/c1-4-13-29-23-10-9-21(33(31,32)28-14-5-6-15-28)17-22(23)27-24(29)11-12-25(30)26-20-8-7-18(2)19(3)16-20/h7-10,16-17H,4-6,11-15H2,1-3H3,(H,26,30). The molecule has 0 saturated carbocycles. The highest BCUT2D eigenvalue weighted by molar-refractivity contribution is 7.89. The second-order valence-corrected chi connectivity index (χ2v) is 10.7. The Labute approximate surface area is 195 Å². The van der Waals surface area contributed by atoms with E-state index in [4.69, 9.17) is 4.98 Å². The molecule has 2 heterocycles. The minimum absolute atomic E-state index is 0.0642. The van der Waals surface area contributed by atoms with Crippen molar-refractivity contribution >= 4 is 32.7 Å². The minimum Gasteiger partial charge on any atom is -0.328 e. The van der Waals surface area contributed by atoms with Gasteiger partial charge in [0.2, 0.25) is 15.9 Å². The highest BCUT2D eigenvalue weighted by Crippen LogP contribution is 2.26. The van der Waals surface area contributed by atoms with Gasteiger partial charge in [0.15, 0.2) is 0 Å². The number of nitrogens with one attached hydrogen (secondary N) is 1. The van der Waals surface area contributed by atoms with Crippen molar-refractivity contribution in [1.29, 1.82) is 0 Å². The number of imidazole rings is 1. The number of aromatic nitrogens is 2.